The maximum Gasteiger partial charge on any atom is 0.356 e. The maximum absolute atomic E-state index is 11.0. The summed E-state index contributed by atoms with van der Waals surface area (Å²) in [4.78, 5) is 29.0. The van der Waals surface area contributed by atoms with Crippen molar-refractivity contribution < 1.29 is 19.4 Å². The van der Waals surface area contributed by atoms with E-state index >= 15 is 0 Å². The van der Waals surface area contributed by atoms with Crippen molar-refractivity contribution in [2.45, 2.75) is 11.9 Å². The Morgan fingerprint density at radius 1 is 1.44 bits per heavy atom. The van der Waals surface area contributed by atoms with Gasteiger partial charge in [-0.15, -0.1) is 0 Å². The molecule has 1 rings (SSSR count). The molecule has 0 aliphatic carbocycles. The molecule has 1 N–H and O–H groups in total. The van der Waals surface area contributed by atoms with E-state index in [2.05, 4.69) is 9.97 Å². The van der Waals surface area contributed by atoms with E-state index in [4.69, 9.17) is 9.84 Å². The Morgan fingerprint density at radius 2 is 2.19 bits per heavy atom. The van der Waals surface area contributed by atoms with E-state index < -0.39 is 5.97 Å². The highest BCUT2D eigenvalue weighted by molar-refractivity contribution is 7.99. The molecule has 0 saturated heterocycles. The third-order valence-electron chi connectivity index (χ3n) is 1.49. The second-order valence-corrected chi connectivity index (χ2v) is 3.63. The highest BCUT2D eigenvalue weighted by Crippen LogP contribution is 2.13. The number of aromatic carboxylic acids is 1. The summed E-state index contributed by atoms with van der Waals surface area (Å²) in [5.74, 6) is -1.33. The van der Waals surface area contributed by atoms with Crippen LogP contribution in [0.4, 0.5) is 0 Å². The number of esters is 1. The molecule has 1 aromatic rings. The van der Waals surface area contributed by atoms with Gasteiger partial charge < -0.3 is 9.84 Å². The summed E-state index contributed by atoms with van der Waals surface area (Å²) in [6, 6.07) is 0. The molecule has 16 heavy (non-hydrogen) atoms. The van der Waals surface area contributed by atoms with Crippen LogP contribution < -0.4 is 0 Å². The van der Waals surface area contributed by atoms with Gasteiger partial charge in [0, 0.05) is 0 Å². The van der Waals surface area contributed by atoms with Crippen molar-refractivity contribution in [3.63, 3.8) is 0 Å². The number of hydrogen-bond acceptors (Lipinski definition) is 6. The molecule has 0 amide bonds. The van der Waals surface area contributed by atoms with Crippen molar-refractivity contribution >= 4 is 23.7 Å². The Morgan fingerprint density at radius 3 is 2.69 bits per heavy atom. The van der Waals surface area contributed by atoms with E-state index in [9.17, 15) is 9.59 Å². The first-order chi connectivity index (χ1) is 7.63. The molecular weight excluding hydrogens is 232 g/mol. The van der Waals surface area contributed by atoms with Gasteiger partial charge in [-0.05, 0) is 6.92 Å². The lowest BCUT2D eigenvalue weighted by Gasteiger charge is -2.01. The Balaban J connectivity index is 2.49. The lowest BCUT2D eigenvalue weighted by molar-refractivity contribution is -0.139. The molecule has 0 aromatic carbocycles. The van der Waals surface area contributed by atoms with Gasteiger partial charge >= 0.3 is 11.9 Å². The minimum Gasteiger partial charge on any atom is -0.476 e. The van der Waals surface area contributed by atoms with Crippen molar-refractivity contribution in [1.82, 2.24) is 9.97 Å². The number of aromatic nitrogens is 2. The zero-order valence-corrected chi connectivity index (χ0v) is 9.36. The summed E-state index contributed by atoms with van der Waals surface area (Å²) in [7, 11) is 0. The molecule has 86 valence electrons. The van der Waals surface area contributed by atoms with Crippen LogP contribution in [0.15, 0.2) is 17.4 Å². The summed E-state index contributed by atoms with van der Waals surface area (Å²) < 4.78 is 4.72. The van der Waals surface area contributed by atoms with Gasteiger partial charge in [-0.25, -0.2) is 14.8 Å². The zero-order valence-electron chi connectivity index (χ0n) is 8.54. The van der Waals surface area contributed by atoms with Gasteiger partial charge in [0.2, 0.25) is 0 Å². The fourth-order valence-corrected chi connectivity index (χ4v) is 1.44. The standard InChI is InChI=1S/C9H10N2O4S/c1-2-15-8(12)5-16-7-4-10-6(3-11-7)9(13)14/h3-4H,2,5H2,1H3,(H,13,14). The van der Waals surface area contributed by atoms with E-state index in [1.54, 1.807) is 6.92 Å². The Labute approximate surface area is 96.0 Å². The Bertz CT molecular complexity index is 380. The van der Waals surface area contributed by atoms with Crippen LogP contribution in [0.5, 0.6) is 0 Å². The Hall–Kier alpha value is -1.63. The number of carboxylic acid groups (broad SMARTS) is 1. The number of carbonyl (C=O) groups is 2. The molecule has 7 heteroatoms. The van der Waals surface area contributed by atoms with Crippen molar-refractivity contribution in [2.24, 2.45) is 0 Å². The molecule has 0 saturated carbocycles. The molecule has 0 radical (unpaired) electrons. The molecule has 0 unspecified atom stereocenters. The van der Waals surface area contributed by atoms with E-state index in [1.165, 1.54) is 6.20 Å². The average Bonchev–Trinajstić information content (AvgIpc) is 2.27. The quantitative estimate of drug-likeness (QED) is 0.604. The molecule has 6 nitrogen and oxygen atoms in total. The zero-order chi connectivity index (χ0) is 12.0. The van der Waals surface area contributed by atoms with Gasteiger partial charge in [-0.3, -0.25) is 4.79 Å². The molecule has 0 spiro atoms. The van der Waals surface area contributed by atoms with Gasteiger partial charge in [0.15, 0.2) is 5.69 Å². The van der Waals surface area contributed by atoms with Crippen LogP contribution in [0.3, 0.4) is 0 Å². The van der Waals surface area contributed by atoms with Gasteiger partial charge in [-0.2, -0.15) is 0 Å². The number of carboxylic acids is 1. The summed E-state index contributed by atoms with van der Waals surface area (Å²) >= 11 is 1.15. The summed E-state index contributed by atoms with van der Waals surface area (Å²) in [5.41, 5.74) is -0.125. The first-order valence-electron chi connectivity index (χ1n) is 4.47. The maximum atomic E-state index is 11.0. The SMILES string of the molecule is CCOC(=O)CSc1cnc(C(=O)O)cn1. The fourth-order valence-electron chi connectivity index (χ4n) is 0.837. The first-order valence-corrected chi connectivity index (χ1v) is 5.45. The Kier molecular flexibility index (Phi) is 4.71. The van der Waals surface area contributed by atoms with E-state index in [0.717, 1.165) is 18.0 Å². The van der Waals surface area contributed by atoms with Crippen molar-refractivity contribution in [2.75, 3.05) is 12.4 Å². The molecule has 0 atom stereocenters. The molecular formula is C9H10N2O4S. The third kappa shape index (κ3) is 3.85. The van der Waals surface area contributed by atoms with E-state index in [-0.39, 0.29) is 17.4 Å². The van der Waals surface area contributed by atoms with Crippen LogP contribution in [0, 0.1) is 0 Å². The summed E-state index contributed by atoms with van der Waals surface area (Å²) in [5, 5.41) is 9.06. The molecule has 0 aliphatic rings. The molecule has 0 bridgehead atoms. The highest BCUT2D eigenvalue weighted by atomic mass is 32.2. The van der Waals surface area contributed by atoms with E-state index in [1.807, 2.05) is 0 Å². The number of thioether (sulfide) groups is 1. The van der Waals surface area contributed by atoms with Crippen LogP contribution in [0.1, 0.15) is 17.4 Å². The van der Waals surface area contributed by atoms with E-state index in [0.29, 0.717) is 11.6 Å². The minimum atomic E-state index is -1.13. The molecule has 1 aromatic heterocycles. The fraction of sp³-hybridized carbons (Fsp3) is 0.333. The molecule has 0 fully saturated rings. The van der Waals surface area contributed by atoms with Gasteiger partial charge in [0.05, 0.1) is 24.8 Å². The number of hydrogen-bond donors (Lipinski definition) is 1. The number of carbonyl (C=O) groups excluding carboxylic acids is 1. The van der Waals surface area contributed by atoms with Crippen LogP contribution in [0.2, 0.25) is 0 Å². The molecule has 0 aliphatic heterocycles. The van der Waals surface area contributed by atoms with Gasteiger partial charge in [-0.1, -0.05) is 11.8 Å². The van der Waals surface area contributed by atoms with Crippen LogP contribution >= 0.6 is 11.8 Å². The number of nitrogens with zero attached hydrogens (tertiary/aromatic N) is 2. The van der Waals surface area contributed by atoms with Crippen LogP contribution in [-0.2, 0) is 9.53 Å². The summed E-state index contributed by atoms with van der Waals surface area (Å²) in [6.07, 6.45) is 2.46. The first kappa shape index (κ1) is 12.4. The predicted molar refractivity (Wildman–Crippen MR) is 56.3 cm³/mol. The van der Waals surface area contributed by atoms with Gasteiger partial charge in [0.25, 0.3) is 0 Å². The van der Waals surface area contributed by atoms with Crippen molar-refractivity contribution in [3.8, 4) is 0 Å². The lowest BCUT2D eigenvalue weighted by atomic mass is 10.5. The normalized spacial score (nSPS) is 9.81. The summed E-state index contributed by atoms with van der Waals surface area (Å²) in [6.45, 7) is 2.06. The second-order valence-electron chi connectivity index (χ2n) is 2.64. The number of ether oxygens (including phenoxy) is 1. The van der Waals surface area contributed by atoms with Crippen LogP contribution in [0.25, 0.3) is 0 Å². The number of rotatable bonds is 5. The van der Waals surface area contributed by atoms with Crippen LogP contribution in [-0.4, -0.2) is 39.4 Å². The predicted octanol–water partition coefficient (Wildman–Crippen LogP) is 0.830. The third-order valence-corrected chi connectivity index (χ3v) is 2.38. The molecule has 1 heterocycles. The van der Waals surface area contributed by atoms with Crippen molar-refractivity contribution in [1.29, 1.82) is 0 Å². The lowest BCUT2D eigenvalue weighted by Crippen LogP contribution is -2.07. The highest BCUT2D eigenvalue weighted by Gasteiger charge is 2.07. The monoisotopic (exact) mass is 242 g/mol. The van der Waals surface area contributed by atoms with Crippen molar-refractivity contribution in [3.05, 3.63) is 18.1 Å². The average molecular weight is 242 g/mol. The largest absolute Gasteiger partial charge is 0.476 e. The smallest absolute Gasteiger partial charge is 0.356 e. The van der Waals surface area contributed by atoms with Gasteiger partial charge in [0.1, 0.15) is 5.03 Å². The minimum absolute atomic E-state index is 0.125. The topological polar surface area (TPSA) is 89.4 Å². The second kappa shape index (κ2) is 6.06.